The molecule has 0 spiro atoms. The van der Waals surface area contributed by atoms with E-state index in [2.05, 4.69) is 21.6 Å². The molecule has 0 unspecified atom stereocenters. The molecule has 2 fully saturated rings. The van der Waals surface area contributed by atoms with Gasteiger partial charge in [0.25, 0.3) is 0 Å². The van der Waals surface area contributed by atoms with Crippen LogP contribution in [-0.2, 0) is 13.6 Å². The van der Waals surface area contributed by atoms with E-state index in [9.17, 15) is 9.50 Å². The van der Waals surface area contributed by atoms with Gasteiger partial charge in [0.05, 0.1) is 13.2 Å². The molecule has 0 saturated heterocycles. The Balaban J connectivity index is 1.29. The summed E-state index contributed by atoms with van der Waals surface area (Å²) in [6.45, 7) is 0.588. The number of hydrogen-bond acceptors (Lipinski definition) is 8. The van der Waals surface area contributed by atoms with Crippen molar-refractivity contribution >= 4 is 11.1 Å². The lowest BCUT2D eigenvalue weighted by molar-refractivity contribution is 0.148. The smallest absolute Gasteiger partial charge is 0.246 e. The third-order valence-electron chi connectivity index (χ3n) is 8.09. The summed E-state index contributed by atoms with van der Waals surface area (Å²) >= 11 is 0. The van der Waals surface area contributed by atoms with Crippen molar-refractivity contribution < 1.29 is 18.7 Å². The molecule has 9 nitrogen and oxygen atoms in total. The van der Waals surface area contributed by atoms with E-state index in [1.54, 1.807) is 24.1 Å². The van der Waals surface area contributed by atoms with Crippen LogP contribution in [-0.4, -0.2) is 49.1 Å². The van der Waals surface area contributed by atoms with Gasteiger partial charge in [-0.25, -0.2) is 14.4 Å². The molecule has 2 aliphatic carbocycles. The highest BCUT2D eigenvalue weighted by molar-refractivity contribution is 5.85. The fourth-order valence-electron chi connectivity index (χ4n) is 5.73. The number of oxazole rings is 1. The Labute approximate surface area is 236 Å². The minimum atomic E-state index is -0.345. The quantitative estimate of drug-likeness (QED) is 0.263. The van der Waals surface area contributed by atoms with Gasteiger partial charge >= 0.3 is 0 Å². The number of halogens is 1. The average molecular weight is 555 g/mol. The predicted octanol–water partition coefficient (Wildman–Crippen LogP) is 5.38. The van der Waals surface area contributed by atoms with Crippen molar-refractivity contribution in [3.63, 3.8) is 0 Å². The number of aliphatic hydroxyl groups excluding tert-OH is 1. The summed E-state index contributed by atoms with van der Waals surface area (Å²) in [7, 11) is 3.45. The maximum atomic E-state index is 14.4. The standard InChI is InChI=1S/C31H31FN6O3/c1-38-16-34-37-30(38)22-14-20(32)8-9-21(22)19-12-24(18-6-7-18)35-26(13-19)31-36-25-10-17(11-28(40-2)29(25)41-31)15-33-23-4-3-5-27(23)39/h8-14,16,18,23,27,33,39H,3-7,15H2,1-2H3/t23-,27+/m1/s1. The van der Waals surface area contributed by atoms with E-state index in [4.69, 9.17) is 19.1 Å². The number of nitrogens with zero attached hydrogens (tertiary/aromatic N) is 5. The third-order valence-corrected chi connectivity index (χ3v) is 8.09. The first-order chi connectivity index (χ1) is 20.0. The number of ether oxygens (including phenoxy) is 1. The second-order valence-electron chi connectivity index (χ2n) is 11.0. The van der Waals surface area contributed by atoms with Gasteiger partial charge in [-0.2, -0.15) is 0 Å². The first-order valence-corrected chi connectivity index (χ1v) is 14.0. The fourth-order valence-corrected chi connectivity index (χ4v) is 5.73. The Kier molecular flexibility index (Phi) is 6.51. The molecule has 0 aliphatic heterocycles. The summed E-state index contributed by atoms with van der Waals surface area (Å²) < 4.78 is 28.1. The summed E-state index contributed by atoms with van der Waals surface area (Å²) in [5.41, 5.74) is 6.12. The third kappa shape index (κ3) is 4.98. The predicted molar refractivity (Wildman–Crippen MR) is 152 cm³/mol. The van der Waals surface area contributed by atoms with Crippen molar-refractivity contribution in [1.82, 2.24) is 30.0 Å². The molecule has 2 aliphatic rings. The summed E-state index contributed by atoms with van der Waals surface area (Å²) in [5.74, 6) is 1.58. The van der Waals surface area contributed by atoms with Gasteiger partial charge in [0.15, 0.2) is 17.2 Å². The molecule has 210 valence electrons. The van der Waals surface area contributed by atoms with Crippen LogP contribution in [0, 0.1) is 5.82 Å². The van der Waals surface area contributed by atoms with E-state index < -0.39 is 0 Å². The van der Waals surface area contributed by atoms with Gasteiger partial charge in [-0.1, -0.05) is 6.07 Å². The Morgan fingerprint density at radius 1 is 1.07 bits per heavy atom. The monoisotopic (exact) mass is 554 g/mol. The van der Waals surface area contributed by atoms with Crippen molar-refractivity contribution in [3.05, 3.63) is 65.9 Å². The lowest BCUT2D eigenvalue weighted by atomic mass is 9.97. The average Bonchev–Trinajstić information content (AvgIpc) is 3.38. The van der Waals surface area contributed by atoms with Crippen LogP contribution < -0.4 is 10.1 Å². The van der Waals surface area contributed by atoms with E-state index in [-0.39, 0.29) is 18.0 Å². The number of hydrogen-bond donors (Lipinski definition) is 2. The van der Waals surface area contributed by atoms with Crippen LogP contribution in [0.1, 0.15) is 49.3 Å². The van der Waals surface area contributed by atoms with Crippen molar-refractivity contribution in [2.75, 3.05) is 7.11 Å². The normalized spacial score (nSPS) is 18.8. The molecule has 3 aromatic heterocycles. The van der Waals surface area contributed by atoms with E-state index in [1.807, 2.05) is 25.2 Å². The van der Waals surface area contributed by atoms with Gasteiger partial charge in [0.2, 0.25) is 5.89 Å². The largest absolute Gasteiger partial charge is 0.493 e. The number of methoxy groups -OCH3 is 1. The van der Waals surface area contributed by atoms with E-state index >= 15 is 0 Å². The number of fused-ring (bicyclic) bond motifs is 1. The van der Waals surface area contributed by atoms with Crippen LogP contribution in [0.4, 0.5) is 4.39 Å². The molecule has 41 heavy (non-hydrogen) atoms. The van der Waals surface area contributed by atoms with Crippen LogP contribution in [0.15, 0.2) is 53.2 Å². The highest BCUT2D eigenvalue weighted by Gasteiger charge is 2.28. The molecular weight excluding hydrogens is 523 g/mol. The summed E-state index contributed by atoms with van der Waals surface area (Å²) in [5, 5.41) is 21.9. The van der Waals surface area contributed by atoms with Crippen molar-refractivity contribution in [2.45, 2.75) is 56.7 Å². The van der Waals surface area contributed by atoms with Gasteiger partial charge in [-0.3, -0.25) is 0 Å². The van der Waals surface area contributed by atoms with Crippen molar-refractivity contribution in [3.8, 4) is 39.8 Å². The number of aromatic nitrogens is 5. The number of aliphatic hydroxyl groups is 1. The number of rotatable bonds is 8. The SMILES string of the molecule is COc1cc(CN[C@@H]2CCC[C@@H]2O)cc2nc(-c3cc(-c4ccc(F)cc4-c4nncn4C)cc(C4CC4)n3)oc12. The van der Waals surface area contributed by atoms with Gasteiger partial charge < -0.3 is 24.1 Å². The zero-order chi connectivity index (χ0) is 28.1. The van der Waals surface area contributed by atoms with Crippen molar-refractivity contribution in [2.24, 2.45) is 7.05 Å². The molecule has 0 radical (unpaired) electrons. The number of pyridine rings is 1. The molecular formula is C31H31FN6O3. The highest BCUT2D eigenvalue weighted by Crippen LogP contribution is 2.43. The minimum Gasteiger partial charge on any atom is -0.493 e. The number of nitrogens with one attached hydrogen (secondary N) is 1. The van der Waals surface area contributed by atoms with Gasteiger partial charge in [0, 0.05) is 36.8 Å². The Hall–Kier alpha value is -4.15. The minimum absolute atomic E-state index is 0.0928. The Bertz CT molecular complexity index is 1740. The summed E-state index contributed by atoms with van der Waals surface area (Å²) in [4.78, 5) is 9.77. The summed E-state index contributed by atoms with van der Waals surface area (Å²) in [6.07, 6.45) is 6.26. The molecule has 3 heterocycles. The molecule has 0 bridgehead atoms. The van der Waals surface area contributed by atoms with Crippen molar-refractivity contribution in [1.29, 1.82) is 0 Å². The second-order valence-corrected chi connectivity index (χ2v) is 11.0. The first-order valence-electron chi connectivity index (χ1n) is 14.0. The molecule has 2 N–H and O–H groups in total. The Morgan fingerprint density at radius 2 is 1.95 bits per heavy atom. The van der Waals surface area contributed by atoms with Crippen LogP contribution in [0.3, 0.4) is 0 Å². The van der Waals surface area contributed by atoms with Crippen LogP contribution in [0.2, 0.25) is 0 Å². The van der Waals surface area contributed by atoms with E-state index in [1.165, 1.54) is 12.1 Å². The lowest BCUT2D eigenvalue weighted by Crippen LogP contribution is -2.35. The first kappa shape index (κ1) is 25.8. The van der Waals surface area contributed by atoms with Crippen LogP contribution in [0.5, 0.6) is 5.75 Å². The molecule has 2 atom stereocenters. The van der Waals surface area contributed by atoms with E-state index in [0.717, 1.165) is 54.5 Å². The molecule has 7 rings (SSSR count). The van der Waals surface area contributed by atoms with Gasteiger partial charge in [-0.05, 0) is 85.2 Å². The zero-order valence-corrected chi connectivity index (χ0v) is 23.0. The summed E-state index contributed by atoms with van der Waals surface area (Å²) in [6, 6.07) is 12.7. The molecule has 5 aromatic rings. The molecule has 2 aromatic carbocycles. The molecule has 0 amide bonds. The van der Waals surface area contributed by atoms with E-state index in [0.29, 0.717) is 52.3 Å². The molecule has 10 heteroatoms. The fraction of sp³-hybridized carbons (Fsp3) is 0.355. The van der Waals surface area contributed by atoms with Crippen LogP contribution >= 0.6 is 0 Å². The van der Waals surface area contributed by atoms with Gasteiger partial charge in [-0.15, -0.1) is 10.2 Å². The lowest BCUT2D eigenvalue weighted by Gasteiger charge is -2.16. The number of benzene rings is 2. The topological polar surface area (TPSA) is 111 Å². The van der Waals surface area contributed by atoms with Gasteiger partial charge in [0.1, 0.15) is 23.4 Å². The zero-order valence-electron chi connectivity index (χ0n) is 23.0. The number of aryl methyl sites for hydroxylation is 1. The van der Waals surface area contributed by atoms with Crippen LogP contribution in [0.25, 0.3) is 45.2 Å². The maximum absolute atomic E-state index is 14.4. The molecule has 2 saturated carbocycles. The maximum Gasteiger partial charge on any atom is 0.246 e. The Morgan fingerprint density at radius 3 is 2.68 bits per heavy atom. The highest BCUT2D eigenvalue weighted by atomic mass is 19.1. The second kappa shape index (κ2) is 10.4.